The van der Waals surface area contributed by atoms with Gasteiger partial charge in [-0.05, 0) is 32.4 Å². The van der Waals surface area contributed by atoms with Gasteiger partial charge in [-0.15, -0.1) is 0 Å². The van der Waals surface area contributed by atoms with Gasteiger partial charge in [-0.2, -0.15) is 9.97 Å². The molecule has 0 amide bonds. The Morgan fingerprint density at radius 2 is 1.74 bits per heavy atom. The molecule has 0 aliphatic heterocycles. The summed E-state index contributed by atoms with van der Waals surface area (Å²) >= 11 is 12.4. The fraction of sp³-hybridized carbons (Fsp3) is 0.333. The molecule has 0 radical (unpaired) electrons. The van der Waals surface area contributed by atoms with Crippen molar-refractivity contribution in [3.63, 3.8) is 0 Å². The molecule has 2 N–H and O–H groups in total. The lowest BCUT2D eigenvalue weighted by Gasteiger charge is -2.32. The van der Waals surface area contributed by atoms with Crippen LogP contribution < -0.4 is 4.90 Å². The monoisotopic (exact) mass is 407 g/mol. The highest BCUT2D eigenvalue weighted by Gasteiger charge is 2.26. The number of fused-ring (bicyclic) bond motifs is 1. The Morgan fingerprint density at radius 1 is 1.07 bits per heavy atom. The van der Waals surface area contributed by atoms with Crippen molar-refractivity contribution in [2.45, 2.75) is 32.6 Å². The minimum atomic E-state index is -1.09. The van der Waals surface area contributed by atoms with E-state index in [1.807, 2.05) is 30.3 Å². The molecule has 0 fully saturated rings. The lowest BCUT2D eigenvalue weighted by Crippen LogP contribution is -2.44. The molecule has 7 nitrogen and oxygen atoms in total. The largest absolute Gasteiger partial charge is 0.389 e. The zero-order chi connectivity index (χ0) is 19.8. The summed E-state index contributed by atoms with van der Waals surface area (Å²) in [4.78, 5) is 18.7. The van der Waals surface area contributed by atoms with Crippen LogP contribution in [0.4, 0.5) is 5.82 Å². The van der Waals surface area contributed by atoms with Crippen molar-refractivity contribution in [3.05, 3.63) is 40.8 Å². The fourth-order valence-corrected chi connectivity index (χ4v) is 3.06. The number of nitrogens with zero attached hydrogens (tertiary/aromatic N) is 5. The summed E-state index contributed by atoms with van der Waals surface area (Å²) in [6.45, 7) is 4.92. The van der Waals surface area contributed by atoms with Crippen molar-refractivity contribution in [2.75, 3.05) is 11.4 Å². The minimum Gasteiger partial charge on any atom is -0.389 e. The summed E-state index contributed by atoms with van der Waals surface area (Å²) in [5, 5.41) is 20.6. The Morgan fingerprint density at radius 3 is 2.33 bits per heavy atom. The Labute approximate surface area is 166 Å². The Balaban J connectivity index is 2.25. The molecule has 3 rings (SSSR count). The lowest BCUT2D eigenvalue weighted by atomic mass is 10.1. The van der Waals surface area contributed by atoms with Gasteiger partial charge in [0.05, 0.1) is 12.1 Å². The van der Waals surface area contributed by atoms with Crippen molar-refractivity contribution in [1.82, 2.24) is 19.9 Å². The van der Waals surface area contributed by atoms with Crippen molar-refractivity contribution < 1.29 is 10.2 Å². The Hall–Kier alpha value is -2.06. The number of halogens is 2. The lowest BCUT2D eigenvalue weighted by molar-refractivity contribution is 0.0713. The summed E-state index contributed by atoms with van der Waals surface area (Å²) in [5.74, 6) is 0.267. The van der Waals surface area contributed by atoms with Crippen LogP contribution in [0.3, 0.4) is 0 Å². The van der Waals surface area contributed by atoms with E-state index in [-0.39, 0.29) is 28.4 Å². The predicted octanol–water partition coefficient (Wildman–Crippen LogP) is 3.31. The molecule has 142 valence electrons. The highest BCUT2D eigenvalue weighted by Crippen LogP contribution is 2.31. The Bertz CT molecular complexity index is 961. The molecule has 2 heterocycles. The van der Waals surface area contributed by atoms with E-state index >= 15 is 0 Å². The van der Waals surface area contributed by atoms with Crippen molar-refractivity contribution in [1.29, 1.82) is 0 Å². The second kappa shape index (κ2) is 7.52. The molecule has 1 unspecified atom stereocenters. The number of aromatic nitrogens is 4. The maximum Gasteiger partial charge on any atom is 0.226 e. The zero-order valence-corrected chi connectivity index (χ0v) is 16.6. The highest BCUT2D eigenvalue weighted by atomic mass is 35.5. The van der Waals surface area contributed by atoms with Crippen LogP contribution in [-0.2, 0) is 0 Å². The predicted molar refractivity (Wildman–Crippen MR) is 106 cm³/mol. The van der Waals surface area contributed by atoms with Gasteiger partial charge in [-0.1, -0.05) is 41.9 Å². The molecule has 0 saturated heterocycles. The number of hydrogen-bond donors (Lipinski definition) is 2. The summed E-state index contributed by atoms with van der Waals surface area (Å²) < 4.78 is 0. The number of aliphatic hydroxyl groups excluding tert-OH is 1. The van der Waals surface area contributed by atoms with Crippen LogP contribution in [0.5, 0.6) is 0 Å². The van der Waals surface area contributed by atoms with Gasteiger partial charge in [0.15, 0.2) is 22.1 Å². The molecule has 9 heteroatoms. The maximum atomic E-state index is 10.3. The molecule has 3 aromatic rings. The van der Waals surface area contributed by atoms with E-state index in [1.165, 1.54) is 4.90 Å². The quantitative estimate of drug-likeness (QED) is 0.494. The van der Waals surface area contributed by atoms with Crippen LogP contribution in [0, 0.1) is 0 Å². The van der Waals surface area contributed by atoms with E-state index < -0.39 is 11.8 Å². The van der Waals surface area contributed by atoms with Crippen LogP contribution in [0.15, 0.2) is 30.3 Å². The number of benzene rings is 1. The number of hydrogen-bond acceptors (Lipinski definition) is 7. The molecule has 0 bridgehead atoms. The molecule has 27 heavy (non-hydrogen) atoms. The summed E-state index contributed by atoms with van der Waals surface area (Å²) in [5.41, 5.74) is 0.682. The zero-order valence-electron chi connectivity index (χ0n) is 15.1. The van der Waals surface area contributed by atoms with E-state index in [2.05, 4.69) is 19.9 Å². The third kappa shape index (κ3) is 4.44. The number of rotatable bonds is 5. The molecule has 0 aliphatic carbocycles. The first-order valence-corrected chi connectivity index (χ1v) is 9.04. The normalized spacial score (nSPS) is 13.0. The Kier molecular flexibility index (Phi) is 5.48. The van der Waals surface area contributed by atoms with Crippen molar-refractivity contribution in [2.24, 2.45) is 0 Å². The third-order valence-electron chi connectivity index (χ3n) is 3.77. The third-order valence-corrected chi connectivity index (χ3v) is 4.20. The van der Waals surface area contributed by atoms with E-state index in [4.69, 9.17) is 23.2 Å². The molecule has 0 aliphatic rings. The number of anilines is 1. The fourth-order valence-electron chi connectivity index (χ4n) is 2.67. The van der Waals surface area contributed by atoms with E-state index in [1.54, 1.807) is 20.8 Å². The average molecular weight is 408 g/mol. The van der Waals surface area contributed by atoms with Crippen molar-refractivity contribution in [3.8, 4) is 11.3 Å². The molecule has 2 aromatic heterocycles. The van der Waals surface area contributed by atoms with Gasteiger partial charge in [0.2, 0.25) is 5.28 Å². The smallest absolute Gasteiger partial charge is 0.226 e. The first-order chi connectivity index (χ1) is 12.7. The van der Waals surface area contributed by atoms with Gasteiger partial charge in [0.1, 0.15) is 11.9 Å². The molecule has 1 atom stereocenters. The molecule has 0 spiro atoms. The van der Waals surface area contributed by atoms with Gasteiger partial charge in [0, 0.05) is 5.56 Å². The standard InChI is InChI=1S/C18H19Cl2N5O2/c1-10(26)25(9-18(2,3)27)16-13-15(23-17(20)24-16)22-14(19)12(21-13)11-7-5-4-6-8-11/h4-8,10,26-27H,9H2,1-3H3. The topological polar surface area (TPSA) is 95.3 Å². The second-order valence-electron chi connectivity index (χ2n) is 6.79. The van der Waals surface area contributed by atoms with Crippen LogP contribution in [0.1, 0.15) is 20.8 Å². The van der Waals surface area contributed by atoms with Crippen LogP contribution in [-0.4, -0.2) is 48.5 Å². The maximum absolute atomic E-state index is 10.3. The second-order valence-corrected chi connectivity index (χ2v) is 7.49. The molecule has 0 saturated carbocycles. The molecular weight excluding hydrogens is 389 g/mol. The van der Waals surface area contributed by atoms with Gasteiger partial charge in [-0.3, -0.25) is 0 Å². The van der Waals surface area contributed by atoms with Crippen LogP contribution in [0.25, 0.3) is 22.4 Å². The van der Waals surface area contributed by atoms with Gasteiger partial charge in [-0.25, -0.2) is 9.97 Å². The first-order valence-electron chi connectivity index (χ1n) is 8.29. The van der Waals surface area contributed by atoms with Crippen LogP contribution in [0.2, 0.25) is 10.4 Å². The van der Waals surface area contributed by atoms with Gasteiger partial charge in [0.25, 0.3) is 0 Å². The SMILES string of the molecule is CC(O)N(CC(C)(C)O)c1nc(Cl)nc2nc(Cl)c(-c3ccccc3)nc12. The van der Waals surface area contributed by atoms with E-state index in [9.17, 15) is 10.2 Å². The van der Waals surface area contributed by atoms with E-state index in [0.717, 1.165) is 5.56 Å². The summed E-state index contributed by atoms with van der Waals surface area (Å²) in [6, 6.07) is 9.35. The number of aliphatic hydroxyl groups is 2. The van der Waals surface area contributed by atoms with E-state index in [0.29, 0.717) is 11.2 Å². The molecule has 1 aromatic carbocycles. The highest BCUT2D eigenvalue weighted by molar-refractivity contribution is 6.32. The molecular formula is C18H19Cl2N5O2. The van der Waals surface area contributed by atoms with Gasteiger partial charge < -0.3 is 15.1 Å². The summed E-state index contributed by atoms with van der Waals surface area (Å²) in [6.07, 6.45) is -0.955. The van der Waals surface area contributed by atoms with Crippen LogP contribution >= 0.6 is 23.2 Å². The minimum absolute atomic E-state index is 0.0586. The average Bonchev–Trinajstić information content (AvgIpc) is 2.58. The first kappa shape index (κ1) is 19.7. The summed E-state index contributed by atoms with van der Waals surface area (Å²) in [7, 11) is 0. The van der Waals surface area contributed by atoms with Gasteiger partial charge >= 0.3 is 0 Å². The van der Waals surface area contributed by atoms with Crippen molar-refractivity contribution >= 4 is 40.2 Å².